The minimum Gasteiger partial charge on any atom is -0.487 e. The highest BCUT2D eigenvalue weighted by Gasteiger charge is 2.11. The van der Waals surface area contributed by atoms with Gasteiger partial charge in [-0.1, -0.05) is 78.9 Å². The molecule has 1 N–H and O–H groups in total. The molecule has 172 valence electrons. The highest BCUT2D eigenvalue weighted by Crippen LogP contribution is 2.35. The van der Waals surface area contributed by atoms with Crippen molar-refractivity contribution in [2.45, 2.75) is 6.61 Å². The first-order valence-corrected chi connectivity index (χ1v) is 12.6. The molecule has 5 rings (SSSR count). The number of fused-ring (bicyclic) bond motifs is 2. The minimum atomic E-state index is -0.258. The van der Waals surface area contributed by atoms with E-state index in [-0.39, 0.29) is 5.91 Å². The van der Waals surface area contributed by atoms with Crippen LogP contribution in [0.25, 0.3) is 21.5 Å². The number of nitrogens with zero attached hydrogens (tertiary/aromatic N) is 1. The summed E-state index contributed by atoms with van der Waals surface area (Å²) in [6, 6.07) is 31.7. The van der Waals surface area contributed by atoms with Gasteiger partial charge in [0.2, 0.25) is 0 Å². The molecule has 0 spiro atoms. The van der Waals surface area contributed by atoms with Crippen molar-refractivity contribution in [2.75, 3.05) is 0 Å². The van der Waals surface area contributed by atoms with Crippen molar-refractivity contribution >= 4 is 65.5 Å². The van der Waals surface area contributed by atoms with E-state index in [1.165, 1.54) is 10.8 Å². The van der Waals surface area contributed by atoms with E-state index in [0.29, 0.717) is 17.9 Å². The Morgan fingerprint density at radius 1 is 0.800 bits per heavy atom. The third-order valence-corrected chi connectivity index (χ3v) is 6.86. The molecule has 0 aliphatic heterocycles. The van der Waals surface area contributed by atoms with Crippen LogP contribution in [0, 0.1) is 0 Å². The first kappa shape index (κ1) is 23.3. The van der Waals surface area contributed by atoms with Crippen molar-refractivity contribution < 1.29 is 9.53 Å². The van der Waals surface area contributed by atoms with E-state index in [9.17, 15) is 4.79 Å². The van der Waals surface area contributed by atoms with Crippen molar-refractivity contribution in [1.29, 1.82) is 0 Å². The Kier molecular flexibility index (Phi) is 6.93. The van der Waals surface area contributed by atoms with Crippen LogP contribution in [0.2, 0.25) is 0 Å². The van der Waals surface area contributed by atoms with Crippen molar-refractivity contribution in [2.24, 2.45) is 5.10 Å². The number of halogens is 2. The number of carbonyl (C=O) groups excluding carboxylic acids is 1. The predicted molar refractivity (Wildman–Crippen MR) is 149 cm³/mol. The van der Waals surface area contributed by atoms with Crippen LogP contribution in [0.3, 0.4) is 0 Å². The third-order valence-electron chi connectivity index (χ3n) is 5.69. The average molecular weight is 588 g/mol. The first-order valence-electron chi connectivity index (χ1n) is 11.0. The average Bonchev–Trinajstić information content (AvgIpc) is 2.88. The molecule has 4 nitrogen and oxygen atoms in total. The van der Waals surface area contributed by atoms with Crippen molar-refractivity contribution in [3.8, 4) is 5.75 Å². The van der Waals surface area contributed by atoms with Gasteiger partial charge in [-0.15, -0.1) is 0 Å². The largest absolute Gasteiger partial charge is 0.487 e. The van der Waals surface area contributed by atoms with E-state index >= 15 is 0 Å². The van der Waals surface area contributed by atoms with Crippen LogP contribution < -0.4 is 10.2 Å². The summed E-state index contributed by atoms with van der Waals surface area (Å²) in [5.41, 5.74) is 5.13. The van der Waals surface area contributed by atoms with Gasteiger partial charge in [0, 0.05) is 5.56 Å². The number of carbonyl (C=O) groups is 1. The van der Waals surface area contributed by atoms with E-state index < -0.39 is 0 Å². The fourth-order valence-electron chi connectivity index (χ4n) is 4.01. The minimum absolute atomic E-state index is 0.258. The van der Waals surface area contributed by atoms with E-state index in [0.717, 1.165) is 30.8 Å². The van der Waals surface area contributed by atoms with Gasteiger partial charge in [0.1, 0.15) is 12.4 Å². The maximum atomic E-state index is 12.7. The van der Waals surface area contributed by atoms with Gasteiger partial charge in [-0.05, 0) is 82.7 Å². The van der Waals surface area contributed by atoms with Crippen LogP contribution in [0.15, 0.2) is 111 Å². The standard InChI is InChI=1S/C29H20Br2N2O2/c30-26-15-19(17-32-33-29(34)25-14-6-10-21-8-2-4-13-24(21)25)16-27(31)28(26)35-18-22-11-5-9-20-7-1-3-12-23(20)22/h1-17H,18H2,(H,33,34)/b32-17-. The highest BCUT2D eigenvalue weighted by molar-refractivity contribution is 9.11. The van der Waals surface area contributed by atoms with Crippen LogP contribution in [0.4, 0.5) is 0 Å². The van der Waals surface area contributed by atoms with Crippen molar-refractivity contribution in [3.05, 3.63) is 123 Å². The second kappa shape index (κ2) is 10.4. The summed E-state index contributed by atoms with van der Waals surface area (Å²) < 4.78 is 7.72. The van der Waals surface area contributed by atoms with Gasteiger partial charge in [0.15, 0.2) is 0 Å². The van der Waals surface area contributed by atoms with Gasteiger partial charge in [-0.3, -0.25) is 4.79 Å². The molecular weight excluding hydrogens is 568 g/mol. The van der Waals surface area contributed by atoms with Crippen LogP contribution in [-0.2, 0) is 6.61 Å². The van der Waals surface area contributed by atoms with Gasteiger partial charge in [-0.25, -0.2) is 5.43 Å². The molecule has 0 heterocycles. The molecule has 0 aromatic heterocycles. The fraction of sp³-hybridized carbons (Fsp3) is 0.0345. The van der Waals surface area contributed by atoms with Gasteiger partial charge < -0.3 is 4.74 Å². The van der Waals surface area contributed by atoms with E-state index in [4.69, 9.17) is 4.74 Å². The van der Waals surface area contributed by atoms with Crippen LogP contribution in [-0.4, -0.2) is 12.1 Å². The monoisotopic (exact) mass is 586 g/mol. The molecule has 0 bridgehead atoms. The second-order valence-electron chi connectivity index (χ2n) is 7.97. The molecule has 0 aliphatic rings. The molecular formula is C29H20Br2N2O2. The second-order valence-corrected chi connectivity index (χ2v) is 9.68. The Labute approximate surface area is 219 Å². The molecule has 35 heavy (non-hydrogen) atoms. The number of nitrogens with one attached hydrogen (secondary N) is 1. The molecule has 0 saturated heterocycles. The fourth-order valence-corrected chi connectivity index (χ4v) is 5.46. The molecule has 0 radical (unpaired) electrons. The lowest BCUT2D eigenvalue weighted by atomic mass is 10.0. The molecule has 0 saturated carbocycles. The maximum absolute atomic E-state index is 12.7. The van der Waals surface area contributed by atoms with Crippen LogP contribution in [0.1, 0.15) is 21.5 Å². The zero-order chi connectivity index (χ0) is 24.2. The molecule has 0 unspecified atom stereocenters. The van der Waals surface area contributed by atoms with Crippen LogP contribution >= 0.6 is 31.9 Å². The quantitative estimate of drug-likeness (QED) is 0.162. The molecule has 0 aliphatic carbocycles. The smallest absolute Gasteiger partial charge is 0.271 e. The number of hydrazone groups is 1. The third kappa shape index (κ3) is 5.14. The van der Waals surface area contributed by atoms with Crippen molar-refractivity contribution in [3.63, 3.8) is 0 Å². The van der Waals surface area contributed by atoms with Gasteiger partial charge >= 0.3 is 0 Å². The summed E-state index contributed by atoms with van der Waals surface area (Å²) in [7, 11) is 0. The number of hydrogen-bond donors (Lipinski definition) is 1. The Morgan fingerprint density at radius 3 is 2.14 bits per heavy atom. The van der Waals surface area contributed by atoms with Crippen molar-refractivity contribution in [1.82, 2.24) is 5.43 Å². The molecule has 1 amide bonds. The normalized spacial score (nSPS) is 11.3. The summed E-state index contributed by atoms with van der Waals surface area (Å²) in [6.45, 7) is 0.438. The van der Waals surface area contributed by atoms with E-state index in [1.807, 2.05) is 66.7 Å². The number of amides is 1. The first-order chi connectivity index (χ1) is 17.1. The van der Waals surface area contributed by atoms with Gasteiger partial charge in [0.25, 0.3) is 5.91 Å². The molecule has 5 aromatic carbocycles. The zero-order valence-electron chi connectivity index (χ0n) is 18.5. The Balaban J connectivity index is 1.29. The van der Waals surface area contributed by atoms with Gasteiger partial charge in [0.05, 0.1) is 15.2 Å². The number of hydrogen-bond acceptors (Lipinski definition) is 3. The summed E-state index contributed by atoms with van der Waals surface area (Å²) in [6.07, 6.45) is 1.60. The molecule has 6 heteroatoms. The molecule has 0 fully saturated rings. The van der Waals surface area contributed by atoms with E-state index in [2.05, 4.69) is 66.7 Å². The Hall–Kier alpha value is -3.48. The number of benzene rings is 5. The highest BCUT2D eigenvalue weighted by atomic mass is 79.9. The topological polar surface area (TPSA) is 50.7 Å². The maximum Gasteiger partial charge on any atom is 0.271 e. The number of ether oxygens (including phenoxy) is 1. The summed E-state index contributed by atoms with van der Waals surface area (Å²) in [5.74, 6) is 0.445. The zero-order valence-corrected chi connectivity index (χ0v) is 21.7. The lowest BCUT2D eigenvalue weighted by Crippen LogP contribution is -2.17. The molecule has 5 aromatic rings. The predicted octanol–water partition coefficient (Wildman–Crippen LogP) is 7.86. The molecule has 0 atom stereocenters. The van der Waals surface area contributed by atoms with E-state index in [1.54, 1.807) is 12.3 Å². The lowest BCUT2D eigenvalue weighted by Gasteiger charge is -2.13. The van der Waals surface area contributed by atoms with Crippen LogP contribution in [0.5, 0.6) is 5.75 Å². The number of rotatable bonds is 6. The summed E-state index contributed by atoms with van der Waals surface area (Å²) in [4.78, 5) is 12.7. The summed E-state index contributed by atoms with van der Waals surface area (Å²) >= 11 is 7.20. The lowest BCUT2D eigenvalue weighted by molar-refractivity contribution is 0.0957. The summed E-state index contributed by atoms with van der Waals surface area (Å²) in [5, 5.41) is 8.42. The van der Waals surface area contributed by atoms with Gasteiger partial charge in [-0.2, -0.15) is 5.10 Å². The SMILES string of the molecule is O=C(N/N=C\c1cc(Br)c(OCc2cccc3ccccc23)c(Br)c1)c1cccc2ccccc12. The Morgan fingerprint density at radius 2 is 1.40 bits per heavy atom. The Bertz CT molecular complexity index is 1550.